The van der Waals surface area contributed by atoms with E-state index in [-0.39, 0.29) is 12.2 Å². The molecule has 1 atom stereocenters. The van der Waals surface area contributed by atoms with Gasteiger partial charge in [0.2, 0.25) is 6.79 Å². The summed E-state index contributed by atoms with van der Waals surface area (Å²) in [6, 6.07) is 12.8. The Morgan fingerprint density at radius 2 is 1.90 bits per heavy atom. The summed E-state index contributed by atoms with van der Waals surface area (Å²) in [7, 11) is 0. The van der Waals surface area contributed by atoms with Crippen LogP contribution < -0.4 is 19.1 Å². The standard InChI is InChI=1S/C23H22N2O3S/c1-14(2)22-24-15(10-29-22)9-25-11-23(16-5-3-4-6-18(16)25)12-26-19-8-21-20(7-17(19)23)27-13-28-21/h3-8,10,14H,9,11-13H2,1-2H3. The molecule has 1 unspecified atom stereocenters. The predicted molar refractivity (Wildman–Crippen MR) is 113 cm³/mol. The summed E-state index contributed by atoms with van der Waals surface area (Å²) in [5.41, 5.74) is 4.72. The van der Waals surface area contributed by atoms with Gasteiger partial charge < -0.3 is 19.1 Å². The molecule has 6 heteroatoms. The fraction of sp³-hybridized carbons (Fsp3) is 0.348. The molecular weight excluding hydrogens is 384 g/mol. The summed E-state index contributed by atoms with van der Waals surface area (Å²) >= 11 is 1.76. The van der Waals surface area contributed by atoms with E-state index in [0.717, 1.165) is 36.0 Å². The van der Waals surface area contributed by atoms with Gasteiger partial charge in [0.05, 0.1) is 22.7 Å². The van der Waals surface area contributed by atoms with Crippen LogP contribution in [0.2, 0.25) is 0 Å². The minimum atomic E-state index is -0.191. The third-order valence-corrected chi connectivity index (χ3v) is 7.30. The molecule has 0 N–H and O–H groups in total. The number of fused-ring (bicyclic) bond motifs is 5. The second kappa shape index (κ2) is 6.13. The topological polar surface area (TPSA) is 43.8 Å². The van der Waals surface area contributed by atoms with E-state index in [1.807, 2.05) is 6.07 Å². The summed E-state index contributed by atoms with van der Waals surface area (Å²) in [5, 5.41) is 3.39. The average molecular weight is 407 g/mol. The molecule has 0 saturated heterocycles. The maximum atomic E-state index is 6.18. The van der Waals surface area contributed by atoms with Crippen molar-refractivity contribution in [2.24, 2.45) is 0 Å². The van der Waals surface area contributed by atoms with E-state index in [0.29, 0.717) is 12.5 Å². The number of anilines is 1. The van der Waals surface area contributed by atoms with Crippen molar-refractivity contribution in [1.29, 1.82) is 0 Å². The monoisotopic (exact) mass is 406 g/mol. The van der Waals surface area contributed by atoms with E-state index in [4.69, 9.17) is 19.2 Å². The molecule has 3 aliphatic heterocycles. The van der Waals surface area contributed by atoms with Crippen molar-refractivity contribution in [3.8, 4) is 17.2 Å². The fourth-order valence-electron chi connectivity index (χ4n) is 4.70. The Kier molecular flexibility index (Phi) is 3.63. The number of benzene rings is 2. The molecule has 0 bridgehead atoms. The quantitative estimate of drug-likeness (QED) is 0.631. The van der Waals surface area contributed by atoms with Gasteiger partial charge in [-0.05, 0) is 17.7 Å². The molecule has 0 fully saturated rings. The lowest BCUT2D eigenvalue weighted by Gasteiger charge is -2.25. The van der Waals surface area contributed by atoms with E-state index >= 15 is 0 Å². The van der Waals surface area contributed by atoms with Gasteiger partial charge in [0.1, 0.15) is 12.4 Å². The first kappa shape index (κ1) is 17.2. The first-order valence-corrected chi connectivity index (χ1v) is 10.9. The molecule has 2 aromatic carbocycles. The Labute approximate surface area is 173 Å². The molecule has 3 aliphatic rings. The zero-order valence-electron chi connectivity index (χ0n) is 16.5. The van der Waals surface area contributed by atoms with Crippen LogP contribution in [-0.4, -0.2) is 24.9 Å². The van der Waals surface area contributed by atoms with Crippen LogP contribution in [0.4, 0.5) is 5.69 Å². The van der Waals surface area contributed by atoms with Crippen molar-refractivity contribution in [2.45, 2.75) is 31.7 Å². The van der Waals surface area contributed by atoms with Gasteiger partial charge in [0.25, 0.3) is 0 Å². The van der Waals surface area contributed by atoms with Gasteiger partial charge >= 0.3 is 0 Å². The van der Waals surface area contributed by atoms with E-state index in [1.165, 1.54) is 21.8 Å². The van der Waals surface area contributed by atoms with E-state index in [1.54, 1.807) is 11.3 Å². The van der Waals surface area contributed by atoms with Crippen LogP contribution in [0, 0.1) is 0 Å². The van der Waals surface area contributed by atoms with Crippen molar-refractivity contribution in [3.63, 3.8) is 0 Å². The number of ether oxygens (including phenoxy) is 3. The third kappa shape index (κ3) is 2.48. The largest absolute Gasteiger partial charge is 0.492 e. The minimum Gasteiger partial charge on any atom is -0.492 e. The van der Waals surface area contributed by atoms with Crippen molar-refractivity contribution in [3.05, 3.63) is 63.6 Å². The van der Waals surface area contributed by atoms with Gasteiger partial charge in [0, 0.05) is 35.2 Å². The second-order valence-electron chi connectivity index (χ2n) is 8.28. The highest BCUT2D eigenvalue weighted by Gasteiger charge is 2.50. The van der Waals surface area contributed by atoms with E-state index < -0.39 is 0 Å². The van der Waals surface area contributed by atoms with Crippen molar-refractivity contribution in [1.82, 2.24) is 4.98 Å². The number of aromatic nitrogens is 1. The summed E-state index contributed by atoms with van der Waals surface area (Å²) < 4.78 is 17.4. The smallest absolute Gasteiger partial charge is 0.231 e. The highest BCUT2D eigenvalue weighted by molar-refractivity contribution is 7.09. The summed E-state index contributed by atoms with van der Waals surface area (Å²) in [6.07, 6.45) is 0. The lowest BCUT2D eigenvalue weighted by Crippen LogP contribution is -2.35. The first-order valence-electron chi connectivity index (χ1n) is 10.00. The molecule has 5 nitrogen and oxygen atoms in total. The Bertz CT molecular complexity index is 1110. The fourth-order valence-corrected chi connectivity index (χ4v) is 5.52. The first-order chi connectivity index (χ1) is 14.1. The Hall–Kier alpha value is -2.73. The molecule has 1 spiro atoms. The molecule has 6 rings (SSSR count). The average Bonchev–Trinajstić information content (AvgIpc) is 3.49. The number of nitrogens with zero attached hydrogens (tertiary/aromatic N) is 2. The number of hydrogen-bond donors (Lipinski definition) is 0. The van der Waals surface area contributed by atoms with Crippen LogP contribution in [0.1, 0.15) is 41.6 Å². The van der Waals surface area contributed by atoms with Gasteiger partial charge in [-0.3, -0.25) is 0 Å². The number of hydrogen-bond acceptors (Lipinski definition) is 6. The van der Waals surface area contributed by atoms with Gasteiger partial charge in [-0.1, -0.05) is 32.0 Å². The van der Waals surface area contributed by atoms with Crippen LogP contribution in [-0.2, 0) is 12.0 Å². The molecule has 4 heterocycles. The maximum absolute atomic E-state index is 6.18. The molecule has 0 aliphatic carbocycles. The zero-order chi connectivity index (χ0) is 19.6. The molecular formula is C23H22N2O3S. The van der Waals surface area contributed by atoms with Gasteiger partial charge in [0.15, 0.2) is 11.5 Å². The molecule has 3 aromatic rings. The Balaban J connectivity index is 1.41. The molecule has 148 valence electrons. The van der Waals surface area contributed by atoms with Crippen molar-refractivity contribution >= 4 is 17.0 Å². The highest BCUT2D eigenvalue weighted by Crippen LogP contribution is 2.54. The lowest BCUT2D eigenvalue weighted by atomic mass is 9.77. The van der Waals surface area contributed by atoms with Gasteiger partial charge in [-0.15, -0.1) is 11.3 Å². The maximum Gasteiger partial charge on any atom is 0.231 e. The van der Waals surface area contributed by atoms with Crippen LogP contribution in [0.3, 0.4) is 0 Å². The van der Waals surface area contributed by atoms with Crippen LogP contribution in [0.15, 0.2) is 41.8 Å². The molecule has 29 heavy (non-hydrogen) atoms. The number of thiazole rings is 1. The predicted octanol–water partition coefficient (Wildman–Crippen LogP) is 4.69. The lowest BCUT2D eigenvalue weighted by molar-refractivity contribution is 0.173. The number of rotatable bonds is 3. The molecule has 0 radical (unpaired) electrons. The number of para-hydroxylation sites is 1. The summed E-state index contributed by atoms with van der Waals surface area (Å²) in [5.74, 6) is 2.95. The molecule has 1 aromatic heterocycles. The second-order valence-corrected chi connectivity index (χ2v) is 9.17. The van der Waals surface area contributed by atoms with Crippen LogP contribution in [0.5, 0.6) is 17.2 Å². The normalized spacial score (nSPS) is 21.0. The van der Waals surface area contributed by atoms with Crippen molar-refractivity contribution < 1.29 is 14.2 Å². The van der Waals surface area contributed by atoms with Crippen molar-refractivity contribution in [2.75, 3.05) is 24.8 Å². The highest BCUT2D eigenvalue weighted by atomic mass is 32.1. The van der Waals surface area contributed by atoms with E-state index in [9.17, 15) is 0 Å². The van der Waals surface area contributed by atoms with Gasteiger partial charge in [-0.25, -0.2) is 4.98 Å². The zero-order valence-corrected chi connectivity index (χ0v) is 17.3. The van der Waals surface area contributed by atoms with E-state index in [2.05, 4.69) is 54.5 Å². The Morgan fingerprint density at radius 1 is 1.07 bits per heavy atom. The Morgan fingerprint density at radius 3 is 2.72 bits per heavy atom. The van der Waals surface area contributed by atoms with Crippen LogP contribution >= 0.6 is 11.3 Å². The summed E-state index contributed by atoms with van der Waals surface area (Å²) in [6.45, 7) is 6.97. The molecule has 0 saturated carbocycles. The SMILES string of the molecule is CC(C)c1nc(CN2CC3(COc4cc5c(cc43)OCO5)c3ccccc32)cs1. The summed E-state index contributed by atoms with van der Waals surface area (Å²) in [4.78, 5) is 7.30. The minimum absolute atomic E-state index is 0.191. The van der Waals surface area contributed by atoms with Gasteiger partial charge in [-0.2, -0.15) is 0 Å². The molecule has 0 amide bonds. The van der Waals surface area contributed by atoms with Crippen LogP contribution in [0.25, 0.3) is 0 Å². The third-order valence-electron chi connectivity index (χ3n) is 6.10.